The molecule has 6 heteroatoms. The fourth-order valence-corrected chi connectivity index (χ4v) is 2.10. The Hall–Kier alpha value is -0.880. The van der Waals surface area contributed by atoms with Gasteiger partial charge in [0, 0.05) is 6.07 Å². The summed E-state index contributed by atoms with van der Waals surface area (Å²) < 4.78 is 33.5. The van der Waals surface area contributed by atoms with Gasteiger partial charge in [-0.2, -0.15) is 0 Å². The lowest BCUT2D eigenvalue weighted by molar-refractivity contribution is 0.493. The summed E-state index contributed by atoms with van der Waals surface area (Å²) in [4.78, 5) is 0. The molecule has 96 valence electrons. The van der Waals surface area contributed by atoms with Crippen molar-refractivity contribution < 1.29 is 13.2 Å². The minimum Gasteiger partial charge on any atom is -0.451 e. The van der Waals surface area contributed by atoms with Crippen molar-refractivity contribution in [3.63, 3.8) is 0 Å². The van der Waals surface area contributed by atoms with E-state index in [0.717, 1.165) is 16.6 Å². The first kappa shape index (κ1) is 13.5. The van der Waals surface area contributed by atoms with Crippen LogP contribution in [0.3, 0.4) is 0 Å². The Bertz CT molecular complexity index is 564. The van der Waals surface area contributed by atoms with E-state index < -0.39 is 11.6 Å². The van der Waals surface area contributed by atoms with Gasteiger partial charge in [-0.05, 0) is 56.5 Å². The van der Waals surface area contributed by atoms with E-state index in [1.54, 1.807) is 6.07 Å². The minimum atomic E-state index is -0.487. The molecular weight excluding hydrogens is 372 g/mol. The summed E-state index contributed by atoms with van der Waals surface area (Å²) in [6.45, 7) is 1.78. The molecule has 0 saturated carbocycles. The molecule has 0 spiro atoms. The maximum atomic E-state index is 13.5. The molecule has 0 aliphatic carbocycles. The molecule has 1 aromatic heterocycles. The molecule has 2 rings (SSSR count). The Morgan fingerprint density at radius 1 is 1.17 bits per heavy atom. The molecule has 0 radical (unpaired) electrons. The van der Waals surface area contributed by atoms with Crippen LogP contribution in [-0.4, -0.2) is 0 Å². The predicted molar refractivity (Wildman–Crippen MR) is 72.5 cm³/mol. The predicted octanol–water partition coefficient (Wildman–Crippen LogP) is 5.00. The Balaban J connectivity index is 2.13. The zero-order chi connectivity index (χ0) is 13.3. The number of aryl methyl sites for hydroxylation is 1. The van der Waals surface area contributed by atoms with Crippen molar-refractivity contribution in [1.82, 2.24) is 0 Å². The Kier molecular flexibility index (Phi) is 4.07. The van der Waals surface area contributed by atoms with Crippen LogP contribution < -0.4 is 5.32 Å². The normalized spacial score (nSPS) is 10.7. The summed E-state index contributed by atoms with van der Waals surface area (Å²) in [6.07, 6.45) is 0. The SMILES string of the molecule is Cc1cc(F)c(NCc2cc(Br)c(Br)o2)cc1F. The molecule has 1 aromatic carbocycles. The number of hydrogen-bond donors (Lipinski definition) is 1. The molecule has 2 nitrogen and oxygen atoms in total. The highest BCUT2D eigenvalue weighted by Crippen LogP contribution is 2.27. The first-order chi connectivity index (χ1) is 8.47. The lowest BCUT2D eigenvalue weighted by Crippen LogP contribution is -2.02. The Labute approximate surface area is 120 Å². The second-order valence-corrected chi connectivity index (χ2v) is 5.34. The number of benzene rings is 1. The molecule has 0 amide bonds. The van der Waals surface area contributed by atoms with E-state index in [1.807, 2.05) is 0 Å². The van der Waals surface area contributed by atoms with Gasteiger partial charge in [0.2, 0.25) is 0 Å². The van der Waals surface area contributed by atoms with Gasteiger partial charge in [-0.1, -0.05) is 0 Å². The van der Waals surface area contributed by atoms with Gasteiger partial charge in [0.15, 0.2) is 4.67 Å². The van der Waals surface area contributed by atoms with Gasteiger partial charge in [0.25, 0.3) is 0 Å². The van der Waals surface area contributed by atoms with Crippen molar-refractivity contribution in [2.45, 2.75) is 13.5 Å². The zero-order valence-electron chi connectivity index (χ0n) is 9.36. The monoisotopic (exact) mass is 379 g/mol. The van der Waals surface area contributed by atoms with Gasteiger partial charge >= 0.3 is 0 Å². The molecule has 0 aliphatic rings. The smallest absolute Gasteiger partial charge is 0.183 e. The molecular formula is C12H9Br2F2NO. The van der Waals surface area contributed by atoms with Crippen LogP contribution in [0.1, 0.15) is 11.3 Å². The molecule has 0 aliphatic heterocycles. The molecule has 0 saturated heterocycles. The number of nitrogens with one attached hydrogen (secondary N) is 1. The summed E-state index contributed by atoms with van der Waals surface area (Å²) in [7, 11) is 0. The van der Waals surface area contributed by atoms with E-state index in [4.69, 9.17) is 4.42 Å². The number of anilines is 1. The second-order valence-electron chi connectivity index (χ2n) is 3.77. The average molecular weight is 381 g/mol. The maximum Gasteiger partial charge on any atom is 0.183 e. The fraction of sp³-hybridized carbons (Fsp3) is 0.167. The van der Waals surface area contributed by atoms with Crippen molar-refractivity contribution in [2.24, 2.45) is 0 Å². The Morgan fingerprint density at radius 2 is 1.89 bits per heavy atom. The van der Waals surface area contributed by atoms with Crippen LogP contribution in [0.4, 0.5) is 14.5 Å². The molecule has 0 bridgehead atoms. The fourth-order valence-electron chi connectivity index (χ4n) is 1.44. The third-order valence-corrected chi connectivity index (χ3v) is 4.11. The van der Waals surface area contributed by atoms with Gasteiger partial charge in [-0.3, -0.25) is 0 Å². The van der Waals surface area contributed by atoms with Gasteiger partial charge in [0.05, 0.1) is 16.7 Å². The van der Waals surface area contributed by atoms with Crippen LogP contribution in [0, 0.1) is 18.6 Å². The number of rotatable bonds is 3. The zero-order valence-corrected chi connectivity index (χ0v) is 12.5. The molecule has 18 heavy (non-hydrogen) atoms. The third-order valence-electron chi connectivity index (χ3n) is 2.40. The lowest BCUT2D eigenvalue weighted by Gasteiger charge is -2.07. The average Bonchev–Trinajstić information content (AvgIpc) is 2.62. The quantitative estimate of drug-likeness (QED) is 0.810. The minimum absolute atomic E-state index is 0.113. The molecule has 0 atom stereocenters. The van der Waals surface area contributed by atoms with E-state index in [1.165, 1.54) is 6.92 Å². The molecule has 1 N–H and O–H groups in total. The third kappa shape index (κ3) is 2.92. The lowest BCUT2D eigenvalue weighted by atomic mass is 10.2. The molecule has 0 fully saturated rings. The summed E-state index contributed by atoms with van der Waals surface area (Å²) in [5, 5.41) is 2.79. The van der Waals surface area contributed by atoms with E-state index in [-0.39, 0.29) is 17.8 Å². The second kappa shape index (κ2) is 5.40. The number of furan rings is 1. The molecule has 2 aromatic rings. The molecule has 0 unspecified atom stereocenters. The van der Waals surface area contributed by atoms with E-state index >= 15 is 0 Å². The summed E-state index contributed by atoms with van der Waals surface area (Å²) >= 11 is 6.48. The number of hydrogen-bond acceptors (Lipinski definition) is 2. The largest absolute Gasteiger partial charge is 0.451 e. The Morgan fingerprint density at radius 3 is 2.50 bits per heavy atom. The highest BCUT2D eigenvalue weighted by atomic mass is 79.9. The van der Waals surface area contributed by atoms with Crippen molar-refractivity contribution in [1.29, 1.82) is 0 Å². The topological polar surface area (TPSA) is 25.2 Å². The highest BCUT2D eigenvalue weighted by Gasteiger charge is 2.09. The van der Waals surface area contributed by atoms with Crippen LogP contribution in [-0.2, 0) is 6.54 Å². The van der Waals surface area contributed by atoms with Crippen molar-refractivity contribution in [2.75, 3.05) is 5.32 Å². The van der Waals surface area contributed by atoms with Gasteiger partial charge < -0.3 is 9.73 Å². The summed E-state index contributed by atoms with van der Waals surface area (Å²) in [5.74, 6) is -0.326. The van der Waals surface area contributed by atoms with E-state index in [0.29, 0.717) is 10.4 Å². The van der Waals surface area contributed by atoms with Gasteiger partial charge in [0.1, 0.15) is 17.4 Å². The standard InChI is InChI=1S/C12H9Br2F2NO/c1-6-2-10(16)11(4-9(6)15)17-5-7-3-8(13)12(14)18-7/h2-4,17H,5H2,1H3. The summed E-state index contributed by atoms with van der Waals surface area (Å²) in [6, 6.07) is 4.04. The van der Waals surface area contributed by atoms with Crippen LogP contribution in [0.25, 0.3) is 0 Å². The van der Waals surface area contributed by atoms with E-state index in [9.17, 15) is 8.78 Å². The first-order valence-corrected chi connectivity index (χ1v) is 6.69. The first-order valence-electron chi connectivity index (χ1n) is 5.10. The number of halogens is 4. The maximum absolute atomic E-state index is 13.5. The van der Waals surface area contributed by atoms with Crippen molar-refractivity contribution in [3.8, 4) is 0 Å². The van der Waals surface area contributed by atoms with Crippen molar-refractivity contribution in [3.05, 3.63) is 50.3 Å². The molecule has 1 heterocycles. The van der Waals surface area contributed by atoms with Gasteiger partial charge in [-0.25, -0.2) is 8.78 Å². The van der Waals surface area contributed by atoms with Crippen LogP contribution in [0.2, 0.25) is 0 Å². The van der Waals surface area contributed by atoms with Gasteiger partial charge in [-0.15, -0.1) is 0 Å². The van der Waals surface area contributed by atoms with Crippen LogP contribution in [0.5, 0.6) is 0 Å². The van der Waals surface area contributed by atoms with Crippen LogP contribution >= 0.6 is 31.9 Å². The van der Waals surface area contributed by atoms with Crippen LogP contribution in [0.15, 0.2) is 31.8 Å². The summed E-state index contributed by atoms with van der Waals surface area (Å²) in [5.41, 5.74) is 0.392. The van der Waals surface area contributed by atoms with E-state index in [2.05, 4.69) is 37.2 Å². The highest BCUT2D eigenvalue weighted by molar-refractivity contribution is 9.13. The van der Waals surface area contributed by atoms with Crippen molar-refractivity contribution >= 4 is 37.5 Å².